The molecule has 1 fully saturated rings. The van der Waals surface area contributed by atoms with Gasteiger partial charge in [0.1, 0.15) is 4.32 Å². The molecule has 0 N–H and O–H groups in total. The number of nitrogens with zero attached hydrogens (tertiary/aromatic N) is 4. The number of thiocarbonyl (C=S) groups is 1. The van der Waals surface area contributed by atoms with Crippen molar-refractivity contribution in [2.75, 3.05) is 49.3 Å². The SMILES string of the molecule is CN(C)c1ccc(C2CC(c3cccs3)=NN2C(=O)CSC(=S)N2CCSCC2)cc1. The third kappa shape index (κ3) is 5.45. The number of carbonyl (C=O) groups is 1. The Balaban J connectivity index is 1.49. The van der Waals surface area contributed by atoms with Crippen LogP contribution in [0.5, 0.6) is 0 Å². The molecule has 1 unspecified atom stereocenters. The van der Waals surface area contributed by atoms with E-state index >= 15 is 0 Å². The lowest BCUT2D eigenvalue weighted by molar-refractivity contribution is -0.130. The van der Waals surface area contributed by atoms with Crippen LogP contribution < -0.4 is 4.90 Å². The van der Waals surface area contributed by atoms with Crippen molar-refractivity contribution in [3.63, 3.8) is 0 Å². The van der Waals surface area contributed by atoms with Gasteiger partial charge in [-0.25, -0.2) is 5.01 Å². The fourth-order valence-electron chi connectivity index (χ4n) is 3.61. The first kappa shape index (κ1) is 22.6. The number of benzene rings is 1. The summed E-state index contributed by atoms with van der Waals surface area (Å²) in [5, 5.41) is 8.50. The third-order valence-corrected chi connectivity index (χ3v) is 8.72. The second-order valence-corrected chi connectivity index (χ2v) is 11.4. The second kappa shape index (κ2) is 10.4. The van der Waals surface area contributed by atoms with Crippen molar-refractivity contribution in [3.05, 3.63) is 52.2 Å². The van der Waals surface area contributed by atoms with Gasteiger partial charge in [0.05, 0.1) is 22.4 Å². The highest BCUT2D eigenvalue weighted by Gasteiger charge is 2.33. The highest BCUT2D eigenvalue weighted by Crippen LogP contribution is 2.35. The first-order valence-electron chi connectivity index (χ1n) is 10.2. The van der Waals surface area contributed by atoms with Crippen LogP contribution in [-0.2, 0) is 4.79 Å². The fourth-order valence-corrected chi connectivity index (χ4v) is 6.34. The quantitative estimate of drug-likeness (QED) is 0.572. The lowest BCUT2D eigenvalue weighted by Crippen LogP contribution is -2.36. The molecule has 4 rings (SSSR count). The highest BCUT2D eigenvalue weighted by atomic mass is 32.2. The van der Waals surface area contributed by atoms with Crippen LogP contribution in [0.1, 0.15) is 22.9 Å². The molecule has 0 bridgehead atoms. The van der Waals surface area contributed by atoms with Gasteiger partial charge in [0.2, 0.25) is 0 Å². The predicted octanol–water partition coefficient (Wildman–Crippen LogP) is 4.56. The molecule has 2 aromatic rings. The van der Waals surface area contributed by atoms with Crippen molar-refractivity contribution >= 4 is 68.7 Å². The van der Waals surface area contributed by atoms with E-state index in [9.17, 15) is 4.79 Å². The minimum absolute atomic E-state index is 0.00646. The lowest BCUT2D eigenvalue weighted by atomic mass is 10.0. The largest absolute Gasteiger partial charge is 0.378 e. The number of hydrazone groups is 1. The van der Waals surface area contributed by atoms with Gasteiger partial charge in [-0.15, -0.1) is 11.3 Å². The smallest absolute Gasteiger partial charge is 0.253 e. The van der Waals surface area contributed by atoms with Crippen LogP contribution in [0.4, 0.5) is 5.69 Å². The van der Waals surface area contributed by atoms with Crippen LogP contribution in [-0.4, -0.2) is 70.3 Å². The molecule has 1 amide bonds. The molecule has 1 saturated heterocycles. The Morgan fingerprint density at radius 2 is 1.97 bits per heavy atom. The topological polar surface area (TPSA) is 39.1 Å². The molecule has 0 saturated carbocycles. The Hall–Kier alpha value is -1.55. The van der Waals surface area contributed by atoms with Crippen molar-refractivity contribution in [3.8, 4) is 0 Å². The van der Waals surface area contributed by atoms with E-state index in [1.54, 1.807) is 16.3 Å². The van der Waals surface area contributed by atoms with E-state index in [0.29, 0.717) is 5.75 Å². The van der Waals surface area contributed by atoms with Crippen molar-refractivity contribution < 1.29 is 4.79 Å². The molecule has 9 heteroatoms. The number of carbonyl (C=O) groups excluding carboxylic acids is 1. The standard InChI is InChI=1S/C22H26N4OS4/c1-24(2)17-7-5-16(6-8-17)19-14-18(20-4-3-11-30-20)23-26(19)21(27)15-31-22(28)25-9-12-29-13-10-25/h3-8,11,19H,9-10,12-15H2,1-2H3. The second-order valence-electron chi connectivity index (χ2n) is 7.62. The lowest BCUT2D eigenvalue weighted by Gasteiger charge is -2.28. The van der Waals surface area contributed by atoms with Crippen LogP contribution in [0, 0.1) is 0 Å². The maximum Gasteiger partial charge on any atom is 0.253 e. The van der Waals surface area contributed by atoms with Gasteiger partial charge in [-0.05, 0) is 29.1 Å². The van der Waals surface area contributed by atoms with E-state index in [2.05, 4.69) is 45.5 Å². The molecule has 1 atom stereocenters. The maximum absolute atomic E-state index is 13.2. The molecule has 2 aliphatic heterocycles. The summed E-state index contributed by atoms with van der Waals surface area (Å²) in [6, 6.07) is 12.4. The van der Waals surface area contributed by atoms with Gasteiger partial charge in [0.25, 0.3) is 5.91 Å². The van der Waals surface area contributed by atoms with E-state index in [-0.39, 0.29) is 11.9 Å². The summed E-state index contributed by atoms with van der Waals surface area (Å²) in [7, 11) is 4.05. The molecule has 5 nitrogen and oxygen atoms in total. The minimum atomic E-state index is -0.0821. The van der Waals surface area contributed by atoms with Gasteiger partial charge < -0.3 is 9.80 Å². The Morgan fingerprint density at radius 3 is 2.61 bits per heavy atom. The van der Waals surface area contributed by atoms with Crippen LogP contribution in [0.25, 0.3) is 0 Å². The minimum Gasteiger partial charge on any atom is -0.378 e. The Morgan fingerprint density at radius 1 is 1.23 bits per heavy atom. The van der Waals surface area contributed by atoms with Crippen LogP contribution in [0.2, 0.25) is 0 Å². The van der Waals surface area contributed by atoms with E-state index in [1.807, 2.05) is 31.9 Å². The van der Waals surface area contributed by atoms with Crippen molar-refractivity contribution in [1.29, 1.82) is 0 Å². The first-order chi connectivity index (χ1) is 15.0. The summed E-state index contributed by atoms with van der Waals surface area (Å²) < 4.78 is 0.821. The summed E-state index contributed by atoms with van der Waals surface area (Å²) in [6.07, 6.45) is 0.728. The van der Waals surface area contributed by atoms with Crippen molar-refractivity contribution in [2.24, 2.45) is 5.10 Å². The molecule has 1 aromatic carbocycles. The van der Waals surface area contributed by atoms with Crippen molar-refractivity contribution in [2.45, 2.75) is 12.5 Å². The average molecular weight is 491 g/mol. The van der Waals surface area contributed by atoms with Gasteiger partial charge in [0, 0.05) is 50.8 Å². The van der Waals surface area contributed by atoms with E-state index in [1.165, 1.54) is 11.8 Å². The molecule has 3 heterocycles. The molecule has 0 spiro atoms. The number of anilines is 1. The van der Waals surface area contributed by atoms with Crippen LogP contribution in [0.15, 0.2) is 46.9 Å². The summed E-state index contributed by atoms with van der Waals surface area (Å²) in [5.41, 5.74) is 3.22. The van der Waals surface area contributed by atoms with Gasteiger partial charge >= 0.3 is 0 Å². The zero-order valence-electron chi connectivity index (χ0n) is 17.7. The summed E-state index contributed by atoms with van der Waals surface area (Å²) in [4.78, 5) is 18.6. The number of rotatable bonds is 5. The molecule has 31 heavy (non-hydrogen) atoms. The average Bonchev–Trinajstić information content (AvgIpc) is 3.48. The fraction of sp³-hybridized carbons (Fsp3) is 0.409. The van der Waals surface area contributed by atoms with E-state index in [4.69, 9.17) is 17.3 Å². The number of hydrogen-bond donors (Lipinski definition) is 0. The number of thiophene rings is 1. The summed E-state index contributed by atoms with van der Waals surface area (Å²) in [6.45, 7) is 1.94. The van der Waals surface area contributed by atoms with Gasteiger partial charge in [-0.2, -0.15) is 16.9 Å². The van der Waals surface area contributed by atoms with Gasteiger partial charge in [-0.1, -0.05) is 42.2 Å². The molecule has 0 radical (unpaired) electrons. The monoisotopic (exact) mass is 490 g/mol. The van der Waals surface area contributed by atoms with E-state index in [0.717, 1.165) is 57.2 Å². The Bertz CT molecular complexity index is 937. The van der Waals surface area contributed by atoms with Gasteiger partial charge in [-0.3, -0.25) is 4.79 Å². The zero-order chi connectivity index (χ0) is 21.8. The number of amides is 1. The van der Waals surface area contributed by atoms with Gasteiger partial charge in [0.15, 0.2) is 0 Å². The number of thioether (sulfide) groups is 2. The number of hydrogen-bond acceptors (Lipinski definition) is 7. The van der Waals surface area contributed by atoms with Crippen LogP contribution in [0.3, 0.4) is 0 Å². The molecular formula is C22H26N4OS4. The van der Waals surface area contributed by atoms with Crippen molar-refractivity contribution in [1.82, 2.24) is 9.91 Å². The first-order valence-corrected chi connectivity index (χ1v) is 13.7. The molecule has 2 aliphatic rings. The highest BCUT2D eigenvalue weighted by molar-refractivity contribution is 8.23. The maximum atomic E-state index is 13.2. The Labute approximate surface area is 201 Å². The molecular weight excluding hydrogens is 465 g/mol. The van der Waals surface area contributed by atoms with E-state index < -0.39 is 0 Å². The molecule has 164 valence electrons. The molecule has 1 aromatic heterocycles. The normalized spacial score (nSPS) is 18.8. The predicted molar refractivity (Wildman–Crippen MR) is 140 cm³/mol. The summed E-state index contributed by atoms with van der Waals surface area (Å²) >= 11 is 10.7. The molecule has 0 aliphatic carbocycles. The zero-order valence-corrected chi connectivity index (χ0v) is 21.0. The summed E-state index contributed by atoms with van der Waals surface area (Å²) in [5.74, 6) is 2.52. The Kier molecular flexibility index (Phi) is 7.58. The van der Waals surface area contributed by atoms with Crippen LogP contribution >= 0.6 is 47.1 Å². The third-order valence-electron chi connectivity index (χ3n) is 5.35.